The molecule has 0 aromatic heterocycles. The number of halogens is 1. The lowest BCUT2D eigenvalue weighted by Gasteiger charge is -2.33. The van der Waals surface area contributed by atoms with Gasteiger partial charge in [-0.25, -0.2) is 0 Å². The van der Waals surface area contributed by atoms with Crippen LogP contribution in [0.1, 0.15) is 37.7 Å². The zero-order valence-corrected chi connectivity index (χ0v) is 12.5. The third-order valence-electron chi connectivity index (χ3n) is 5.15. The maximum Gasteiger partial charge on any atom is 0.309 e. The monoisotopic (exact) mass is 322 g/mol. The Labute approximate surface area is 122 Å². The summed E-state index contributed by atoms with van der Waals surface area (Å²) in [4.78, 5) is 11.8. The molecule has 1 aromatic rings. The number of carboxylic acid groups (broad SMARTS) is 1. The molecule has 0 aliphatic heterocycles. The van der Waals surface area contributed by atoms with E-state index in [4.69, 9.17) is 0 Å². The van der Waals surface area contributed by atoms with Gasteiger partial charge >= 0.3 is 5.97 Å². The Morgan fingerprint density at radius 1 is 1.42 bits per heavy atom. The van der Waals surface area contributed by atoms with Gasteiger partial charge in [-0.1, -0.05) is 34.5 Å². The van der Waals surface area contributed by atoms with Crippen molar-refractivity contribution in [3.63, 3.8) is 0 Å². The Morgan fingerprint density at radius 2 is 2.26 bits per heavy atom. The highest BCUT2D eigenvalue weighted by molar-refractivity contribution is 9.10. The minimum atomic E-state index is -0.560. The van der Waals surface area contributed by atoms with E-state index in [-0.39, 0.29) is 0 Å². The molecule has 2 aliphatic rings. The quantitative estimate of drug-likeness (QED) is 0.898. The number of aliphatic carboxylic acids is 1. The molecule has 0 saturated heterocycles. The van der Waals surface area contributed by atoms with Crippen molar-refractivity contribution in [1.29, 1.82) is 0 Å². The predicted octanol–water partition coefficient (Wildman–Crippen LogP) is 4.27. The molecule has 1 aromatic carbocycles. The summed E-state index contributed by atoms with van der Waals surface area (Å²) in [5.74, 6) is 0.528. The predicted molar refractivity (Wildman–Crippen MR) is 78.0 cm³/mol. The van der Waals surface area contributed by atoms with Crippen molar-refractivity contribution >= 4 is 21.9 Å². The summed E-state index contributed by atoms with van der Waals surface area (Å²) in [6.45, 7) is 0. The SMILES string of the molecule is O=C(O)C1(CCc2cccc(Br)c2)CC2CCC1C2. The van der Waals surface area contributed by atoms with Gasteiger partial charge in [-0.3, -0.25) is 4.79 Å². The van der Waals surface area contributed by atoms with Gasteiger partial charge in [0.25, 0.3) is 0 Å². The second kappa shape index (κ2) is 4.93. The Hall–Kier alpha value is -0.830. The molecule has 2 aliphatic carbocycles. The summed E-state index contributed by atoms with van der Waals surface area (Å²) in [6, 6.07) is 8.22. The lowest BCUT2D eigenvalue weighted by molar-refractivity contribution is -0.153. The van der Waals surface area contributed by atoms with Crippen LogP contribution in [0, 0.1) is 17.3 Å². The molecule has 2 nitrogen and oxygen atoms in total. The van der Waals surface area contributed by atoms with Gasteiger partial charge in [-0.2, -0.15) is 0 Å². The van der Waals surface area contributed by atoms with Crippen molar-refractivity contribution in [2.24, 2.45) is 17.3 Å². The molecule has 3 rings (SSSR count). The number of hydrogen-bond donors (Lipinski definition) is 1. The van der Waals surface area contributed by atoms with Gasteiger partial charge < -0.3 is 5.11 Å². The Kier molecular flexibility index (Phi) is 3.42. The van der Waals surface area contributed by atoms with E-state index in [1.165, 1.54) is 12.0 Å². The maximum atomic E-state index is 11.8. The van der Waals surface area contributed by atoms with Gasteiger partial charge in [0.15, 0.2) is 0 Å². The number of aryl methyl sites for hydroxylation is 1. The molecule has 3 atom stereocenters. The Morgan fingerprint density at radius 3 is 2.84 bits per heavy atom. The fraction of sp³-hybridized carbons (Fsp3) is 0.562. The zero-order valence-electron chi connectivity index (χ0n) is 10.9. The number of carboxylic acids is 1. The second-order valence-electron chi connectivity index (χ2n) is 6.17. The molecular formula is C16H19BrO2. The summed E-state index contributed by atoms with van der Waals surface area (Å²) in [7, 11) is 0. The van der Waals surface area contributed by atoms with Crippen LogP contribution in [0.25, 0.3) is 0 Å². The maximum absolute atomic E-state index is 11.8. The van der Waals surface area contributed by atoms with Crippen LogP contribution in [0.5, 0.6) is 0 Å². The van der Waals surface area contributed by atoms with Crippen LogP contribution in [-0.2, 0) is 11.2 Å². The molecule has 3 unspecified atom stereocenters. The van der Waals surface area contributed by atoms with Crippen molar-refractivity contribution in [3.8, 4) is 0 Å². The molecule has 1 N–H and O–H groups in total. The first-order valence-corrected chi connectivity index (χ1v) is 7.87. The molecule has 2 saturated carbocycles. The Bertz CT molecular complexity index is 499. The first-order valence-electron chi connectivity index (χ1n) is 7.08. The van der Waals surface area contributed by atoms with E-state index >= 15 is 0 Å². The van der Waals surface area contributed by atoms with Crippen molar-refractivity contribution in [1.82, 2.24) is 0 Å². The van der Waals surface area contributed by atoms with Crippen molar-refractivity contribution in [2.75, 3.05) is 0 Å². The standard InChI is InChI=1S/C16H19BrO2/c17-14-3-1-2-11(9-14)6-7-16(15(18)19)10-12-4-5-13(16)8-12/h1-3,9,12-13H,4-8,10H2,(H,18,19). The third kappa shape index (κ3) is 2.33. The summed E-state index contributed by atoms with van der Waals surface area (Å²) in [5.41, 5.74) is 0.795. The van der Waals surface area contributed by atoms with Crippen LogP contribution >= 0.6 is 15.9 Å². The number of fused-ring (bicyclic) bond motifs is 2. The van der Waals surface area contributed by atoms with E-state index in [2.05, 4.69) is 28.1 Å². The number of carbonyl (C=O) groups is 1. The van der Waals surface area contributed by atoms with Crippen LogP contribution < -0.4 is 0 Å². The van der Waals surface area contributed by atoms with Crippen molar-refractivity contribution < 1.29 is 9.90 Å². The summed E-state index contributed by atoms with van der Waals surface area (Å²) in [6.07, 6.45) is 6.08. The molecule has 2 bridgehead atoms. The molecule has 19 heavy (non-hydrogen) atoms. The fourth-order valence-corrected chi connectivity index (χ4v) is 4.63. The molecule has 2 fully saturated rings. The van der Waals surface area contributed by atoms with E-state index < -0.39 is 11.4 Å². The Balaban J connectivity index is 1.75. The fourth-order valence-electron chi connectivity index (χ4n) is 4.18. The van der Waals surface area contributed by atoms with E-state index in [1.807, 2.05) is 12.1 Å². The van der Waals surface area contributed by atoms with Crippen molar-refractivity contribution in [3.05, 3.63) is 34.3 Å². The minimum Gasteiger partial charge on any atom is -0.481 e. The van der Waals surface area contributed by atoms with E-state index in [1.54, 1.807) is 0 Å². The highest BCUT2D eigenvalue weighted by Crippen LogP contribution is 2.58. The molecule has 0 spiro atoms. The van der Waals surface area contributed by atoms with Gasteiger partial charge in [-0.15, -0.1) is 0 Å². The van der Waals surface area contributed by atoms with Crippen LogP contribution in [-0.4, -0.2) is 11.1 Å². The topological polar surface area (TPSA) is 37.3 Å². The van der Waals surface area contributed by atoms with Gasteiger partial charge in [0.1, 0.15) is 0 Å². The van der Waals surface area contributed by atoms with E-state index in [0.29, 0.717) is 11.8 Å². The van der Waals surface area contributed by atoms with Crippen molar-refractivity contribution in [2.45, 2.75) is 38.5 Å². The third-order valence-corrected chi connectivity index (χ3v) is 5.64. The summed E-state index contributed by atoms with van der Waals surface area (Å²) >= 11 is 3.47. The van der Waals surface area contributed by atoms with E-state index in [0.717, 1.165) is 36.6 Å². The average Bonchev–Trinajstić information content (AvgIpc) is 2.97. The molecule has 0 radical (unpaired) electrons. The smallest absolute Gasteiger partial charge is 0.309 e. The summed E-state index contributed by atoms with van der Waals surface area (Å²) < 4.78 is 1.07. The van der Waals surface area contributed by atoms with Gasteiger partial charge in [0, 0.05) is 4.47 Å². The lowest BCUT2D eigenvalue weighted by Crippen LogP contribution is -2.37. The highest BCUT2D eigenvalue weighted by Gasteiger charge is 2.55. The molecule has 0 heterocycles. The zero-order chi connectivity index (χ0) is 13.5. The van der Waals surface area contributed by atoms with Gasteiger partial charge in [-0.05, 0) is 61.6 Å². The number of benzene rings is 1. The minimum absolute atomic E-state index is 0.419. The highest BCUT2D eigenvalue weighted by atomic mass is 79.9. The normalized spacial score (nSPS) is 32.7. The molecule has 3 heteroatoms. The average molecular weight is 323 g/mol. The lowest BCUT2D eigenvalue weighted by atomic mass is 9.70. The van der Waals surface area contributed by atoms with Gasteiger partial charge in [0.2, 0.25) is 0 Å². The van der Waals surface area contributed by atoms with E-state index in [9.17, 15) is 9.90 Å². The number of rotatable bonds is 4. The van der Waals surface area contributed by atoms with Crippen LogP contribution in [0.2, 0.25) is 0 Å². The first-order chi connectivity index (χ1) is 9.10. The largest absolute Gasteiger partial charge is 0.481 e. The van der Waals surface area contributed by atoms with Crippen LogP contribution in [0.4, 0.5) is 0 Å². The van der Waals surface area contributed by atoms with Crippen LogP contribution in [0.15, 0.2) is 28.7 Å². The first kappa shape index (κ1) is 13.2. The molecule has 102 valence electrons. The second-order valence-corrected chi connectivity index (χ2v) is 7.09. The number of hydrogen-bond acceptors (Lipinski definition) is 1. The molecular weight excluding hydrogens is 304 g/mol. The van der Waals surface area contributed by atoms with Gasteiger partial charge in [0.05, 0.1) is 5.41 Å². The molecule has 0 amide bonds. The van der Waals surface area contributed by atoms with Crippen LogP contribution in [0.3, 0.4) is 0 Å². The summed E-state index contributed by atoms with van der Waals surface area (Å²) in [5, 5.41) is 9.71.